The highest BCUT2D eigenvalue weighted by molar-refractivity contribution is 6.35. The van der Waals surface area contributed by atoms with E-state index < -0.39 is 5.97 Å². The Balaban J connectivity index is 2.35. The first-order chi connectivity index (χ1) is 8.56. The fourth-order valence-electron chi connectivity index (χ4n) is 1.21. The standard InChI is InChI=1S/C11H6Cl2N2O3/c12-6-1-2-8(13)7(5-6)11-15-14-9(18-11)3-4-10(16)17/h1-5H,(H,16,17)/b4-3+. The second-order valence-electron chi connectivity index (χ2n) is 3.24. The molecule has 0 aliphatic heterocycles. The third-order valence-corrected chi connectivity index (χ3v) is 2.53. The summed E-state index contributed by atoms with van der Waals surface area (Å²) < 4.78 is 5.24. The van der Waals surface area contributed by atoms with E-state index in [1.165, 1.54) is 6.08 Å². The molecule has 0 saturated heterocycles. The van der Waals surface area contributed by atoms with E-state index in [1.807, 2.05) is 0 Å². The van der Waals surface area contributed by atoms with E-state index in [0.29, 0.717) is 15.6 Å². The van der Waals surface area contributed by atoms with Gasteiger partial charge in [0.25, 0.3) is 0 Å². The third-order valence-electron chi connectivity index (χ3n) is 1.97. The summed E-state index contributed by atoms with van der Waals surface area (Å²) in [6.45, 7) is 0. The molecule has 5 nitrogen and oxygen atoms in total. The molecular weight excluding hydrogens is 279 g/mol. The molecule has 1 N–H and O–H groups in total. The molecule has 0 bridgehead atoms. The topological polar surface area (TPSA) is 76.2 Å². The van der Waals surface area contributed by atoms with Gasteiger partial charge in [0.15, 0.2) is 0 Å². The van der Waals surface area contributed by atoms with Crippen molar-refractivity contribution in [3.63, 3.8) is 0 Å². The van der Waals surface area contributed by atoms with Crippen LogP contribution in [0, 0.1) is 0 Å². The number of rotatable bonds is 3. The first-order valence-electron chi connectivity index (χ1n) is 4.76. The minimum absolute atomic E-state index is 0.0726. The van der Waals surface area contributed by atoms with E-state index in [0.717, 1.165) is 6.08 Å². The summed E-state index contributed by atoms with van der Waals surface area (Å²) in [7, 11) is 0. The Morgan fingerprint density at radius 1 is 1.33 bits per heavy atom. The number of nitrogens with zero attached hydrogens (tertiary/aromatic N) is 2. The SMILES string of the molecule is O=C(O)/C=C/c1nnc(-c2cc(Cl)ccc2Cl)o1. The summed E-state index contributed by atoms with van der Waals surface area (Å²) in [5.41, 5.74) is 0.492. The first kappa shape index (κ1) is 12.6. The normalized spacial score (nSPS) is 11.0. The number of hydrogen-bond donors (Lipinski definition) is 1. The average Bonchev–Trinajstić information content (AvgIpc) is 2.78. The lowest BCUT2D eigenvalue weighted by Gasteiger charge is -1.98. The summed E-state index contributed by atoms with van der Waals surface area (Å²) in [4.78, 5) is 10.3. The third kappa shape index (κ3) is 2.88. The largest absolute Gasteiger partial charge is 0.478 e. The zero-order valence-electron chi connectivity index (χ0n) is 8.80. The quantitative estimate of drug-likeness (QED) is 0.876. The van der Waals surface area contributed by atoms with Gasteiger partial charge >= 0.3 is 5.97 Å². The van der Waals surface area contributed by atoms with Crippen LogP contribution in [0.25, 0.3) is 17.5 Å². The van der Waals surface area contributed by atoms with Gasteiger partial charge in [-0.1, -0.05) is 23.2 Å². The predicted octanol–water partition coefficient (Wildman–Crippen LogP) is 3.14. The highest BCUT2D eigenvalue weighted by Gasteiger charge is 2.11. The molecule has 2 rings (SSSR count). The number of hydrogen-bond acceptors (Lipinski definition) is 4. The molecule has 18 heavy (non-hydrogen) atoms. The Morgan fingerprint density at radius 2 is 2.11 bits per heavy atom. The smallest absolute Gasteiger partial charge is 0.328 e. The Morgan fingerprint density at radius 3 is 2.83 bits per heavy atom. The van der Waals surface area contributed by atoms with Crippen LogP contribution in [0.2, 0.25) is 10.0 Å². The number of benzene rings is 1. The van der Waals surface area contributed by atoms with Crippen LogP contribution in [0.4, 0.5) is 0 Å². The van der Waals surface area contributed by atoms with Crippen molar-refractivity contribution >= 4 is 35.2 Å². The van der Waals surface area contributed by atoms with Crippen LogP contribution in [-0.4, -0.2) is 21.3 Å². The molecule has 0 saturated carbocycles. The lowest BCUT2D eigenvalue weighted by molar-refractivity contribution is -0.131. The molecule has 7 heteroatoms. The van der Waals surface area contributed by atoms with E-state index in [9.17, 15) is 4.79 Å². The van der Waals surface area contributed by atoms with Gasteiger partial charge in [-0.15, -0.1) is 10.2 Å². The molecule has 0 atom stereocenters. The number of aromatic nitrogens is 2. The molecule has 1 aromatic heterocycles. The van der Waals surface area contributed by atoms with Crippen molar-refractivity contribution in [2.75, 3.05) is 0 Å². The zero-order valence-corrected chi connectivity index (χ0v) is 10.3. The van der Waals surface area contributed by atoms with Gasteiger partial charge in [-0.25, -0.2) is 4.79 Å². The van der Waals surface area contributed by atoms with Gasteiger partial charge in [-0.2, -0.15) is 0 Å². The Hall–Kier alpha value is -1.85. The van der Waals surface area contributed by atoms with Crippen LogP contribution in [0.5, 0.6) is 0 Å². The molecule has 0 unspecified atom stereocenters. The Kier molecular flexibility index (Phi) is 3.64. The van der Waals surface area contributed by atoms with Crippen molar-refractivity contribution in [3.8, 4) is 11.5 Å². The lowest BCUT2D eigenvalue weighted by atomic mass is 10.2. The molecule has 0 radical (unpaired) electrons. The maximum absolute atomic E-state index is 10.3. The average molecular weight is 285 g/mol. The first-order valence-corrected chi connectivity index (χ1v) is 5.52. The number of halogens is 2. The van der Waals surface area contributed by atoms with Crippen molar-refractivity contribution in [1.29, 1.82) is 0 Å². The van der Waals surface area contributed by atoms with Crippen LogP contribution >= 0.6 is 23.2 Å². The number of aliphatic carboxylic acids is 1. The molecule has 0 spiro atoms. The Bertz CT molecular complexity index is 623. The van der Waals surface area contributed by atoms with Gasteiger partial charge in [0, 0.05) is 17.2 Å². The lowest BCUT2D eigenvalue weighted by Crippen LogP contribution is -1.85. The van der Waals surface area contributed by atoms with Crippen LogP contribution in [0.1, 0.15) is 5.89 Å². The zero-order chi connectivity index (χ0) is 13.1. The molecule has 0 aliphatic rings. The van der Waals surface area contributed by atoms with Crippen molar-refractivity contribution in [3.05, 3.63) is 40.2 Å². The fourth-order valence-corrected chi connectivity index (χ4v) is 1.59. The van der Waals surface area contributed by atoms with Crippen molar-refractivity contribution in [1.82, 2.24) is 10.2 Å². The number of carbonyl (C=O) groups is 1. The van der Waals surface area contributed by atoms with Crippen LogP contribution in [0.3, 0.4) is 0 Å². The summed E-state index contributed by atoms with van der Waals surface area (Å²) >= 11 is 11.8. The fraction of sp³-hybridized carbons (Fsp3) is 0. The van der Waals surface area contributed by atoms with E-state index in [1.54, 1.807) is 18.2 Å². The minimum Gasteiger partial charge on any atom is -0.478 e. The maximum Gasteiger partial charge on any atom is 0.328 e. The van der Waals surface area contributed by atoms with Crippen LogP contribution < -0.4 is 0 Å². The highest BCUT2D eigenvalue weighted by Crippen LogP contribution is 2.29. The Labute approximate surface area is 112 Å². The predicted molar refractivity (Wildman–Crippen MR) is 66.4 cm³/mol. The number of carboxylic acids is 1. The molecule has 1 heterocycles. The van der Waals surface area contributed by atoms with Gasteiger partial charge in [-0.3, -0.25) is 0 Å². The summed E-state index contributed by atoms with van der Waals surface area (Å²) in [5, 5.41) is 16.8. The highest BCUT2D eigenvalue weighted by atomic mass is 35.5. The van der Waals surface area contributed by atoms with Crippen LogP contribution in [-0.2, 0) is 4.79 Å². The second kappa shape index (κ2) is 5.20. The molecular formula is C11H6Cl2N2O3. The summed E-state index contributed by atoms with van der Waals surface area (Å²) in [5.74, 6) is -0.855. The van der Waals surface area contributed by atoms with Gasteiger partial charge in [-0.05, 0) is 18.2 Å². The van der Waals surface area contributed by atoms with Gasteiger partial charge < -0.3 is 9.52 Å². The minimum atomic E-state index is -1.10. The molecule has 1 aromatic carbocycles. The van der Waals surface area contributed by atoms with Crippen molar-refractivity contribution in [2.45, 2.75) is 0 Å². The van der Waals surface area contributed by atoms with Gasteiger partial charge in [0.1, 0.15) is 0 Å². The molecule has 0 fully saturated rings. The van der Waals surface area contributed by atoms with Crippen LogP contribution in [0.15, 0.2) is 28.7 Å². The van der Waals surface area contributed by atoms with Crippen molar-refractivity contribution < 1.29 is 14.3 Å². The van der Waals surface area contributed by atoms with E-state index >= 15 is 0 Å². The van der Waals surface area contributed by atoms with Crippen molar-refractivity contribution in [2.24, 2.45) is 0 Å². The monoisotopic (exact) mass is 284 g/mol. The van der Waals surface area contributed by atoms with E-state index in [2.05, 4.69) is 10.2 Å². The second-order valence-corrected chi connectivity index (χ2v) is 4.08. The summed E-state index contributed by atoms with van der Waals surface area (Å²) in [6.07, 6.45) is 2.09. The molecule has 0 aliphatic carbocycles. The molecule has 92 valence electrons. The van der Waals surface area contributed by atoms with E-state index in [4.69, 9.17) is 32.7 Å². The maximum atomic E-state index is 10.3. The van der Waals surface area contributed by atoms with E-state index in [-0.39, 0.29) is 11.8 Å². The van der Waals surface area contributed by atoms with Gasteiger partial charge in [0.2, 0.25) is 11.8 Å². The number of carboxylic acid groups (broad SMARTS) is 1. The van der Waals surface area contributed by atoms with Gasteiger partial charge in [0.05, 0.1) is 10.6 Å². The molecule has 0 amide bonds. The molecule has 2 aromatic rings. The summed E-state index contributed by atoms with van der Waals surface area (Å²) in [6, 6.07) is 4.83.